The van der Waals surface area contributed by atoms with E-state index in [0.717, 1.165) is 161 Å². The molecule has 1 aliphatic rings. The third-order valence-corrected chi connectivity index (χ3v) is 13.7. The molecule has 6 unspecified atom stereocenters. The van der Waals surface area contributed by atoms with Crippen molar-refractivity contribution in [2.75, 3.05) is 13.2 Å². The average Bonchev–Trinajstić information content (AvgIpc) is 3.57. The molecule has 1 aliphatic heterocycles. The molecule has 0 aromatic carbocycles. The van der Waals surface area contributed by atoms with Gasteiger partial charge in [-0.05, 0) is 135 Å². The van der Waals surface area contributed by atoms with Crippen molar-refractivity contribution in [1.82, 2.24) is 0 Å². The van der Waals surface area contributed by atoms with Crippen LogP contribution >= 0.6 is 0 Å². The molecule has 6 atom stereocenters. The number of carbonyl (C=O) groups is 4. The van der Waals surface area contributed by atoms with Crippen LogP contribution in [0.2, 0.25) is 0 Å². The number of carboxylic acid groups (broad SMARTS) is 1. The van der Waals surface area contributed by atoms with Gasteiger partial charge < -0.3 is 39.0 Å². The van der Waals surface area contributed by atoms with Crippen molar-refractivity contribution in [2.24, 2.45) is 0 Å². The summed E-state index contributed by atoms with van der Waals surface area (Å²) in [6.07, 6.45) is 68.3. The highest BCUT2D eigenvalue weighted by atomic mass is 16.7. The first kappa shape index (κ1) is 75.9. The van der Waals surface area contributed by atoms with E-state index in [2.05, 4.69) is 154 Å². The fraction of sp³-hybridized carbons (Fsp3) is 0.634. The van der Waals surface area contributed by atoms with E-state index >= 15 is 0 Å². The number of aliphatic hydroxyl groups is 2. The molecule has 12 nitrogen and oxygen atoms in total. The summed E-state index contributed by atoms with van der Waals surface area (Å²) in [6, 6.07) is 0. The van der Waals surface area contributed by atoms with E-state index in [-0.39, 0.29) is 25.9 Å². The Kier molecular flexibility index (Phi) is 52.4. The van der Waals surface area contributed by atoms with E-state index in [9.17, 15) is 34.5 Å². The number of esters is 3. The number of carbonyl (C=O) groups excluding carboxylic acids is 3. The SMILES string of the molecule is CC/C=C\C/C=C\C/C=C\C/C=C\C/C=C\CCCCCC(=O)OCC(COC1OC(C(=O)O)C(O)C(O)C1OC(=O)CCCCCCCC/C=C\C/C=C\C/C=C\CCCCC)OC(=O)CCCCCCC/C=C\C/C=C\C/C=C\CC. The zero-order valence-corrected chi connectivity index (χ0v) is 51.6. The van der Waals surface area contributed by atoms with Crippen LogP contribution in [0, 0.1) is 0 Å². The first-order valence-electron chi connectivity index (χ1n) is 32.2. The number of aliphatic carboxylic acids is 1. The molecule has 0 bridgehead atoms. The Bertz CT molecular complexity index is 1950. The van der Waals surface area contributed by atoms with Gasteiger partial charge in [0.05, 0.1) is 6.61 Å². The van der Waals surface area contributed by atoms with Gasteiger partial charge in [-0.25, -0.2) is 4.79 Å². The van der Waals surface area contributed by atoms with Gasteiger partial charge in [0.15, 0.2) is 24.6 Å². The number of hydrogen-bond donors (Lipinski definition) is 3. The summed E-state index contributed by atoms with van der Waals surface area (Å²) in [5.41, 5.74) is 0. The molecule has 1 rings (SSSR count). The second-order valence-corrected chi connectivity index (χ2v) is 21.3. The molecule has 1 heterocycles. The molecule has 0 spiro atoms. The minimum atomic E-state index is -1.92. The minimum Gasteiger partial charge on any atom is -0.479 e. The maximum atomic E-state index is 13.2. The van der Waals surface area contributed by atoms with Crippen molar-refractivity contribution in [3.05, 3.63) is 134 Å². The molecule has 83 heavy (non-hydrogen) atoms. The molecule has 12 heteroatoms. The monoisotopic (exact) mass is 1160 g/mol. The number of ether oxygens (including phenoxy) is 5. The number of rotatable bonds is 53. The third-order valence-electron chi connectivity index (χ3n) is 13.7. The number of unbranched alkanes of at least 4 members (excludes halogenated alkanes) is 17. The molecule has 0 aliphatic carbocycles. The van der Waals surface area contributed by atoms with Crippen molar-refractivity contribution >= 4 is 23.9 Å². The van der Waals surface area contributed by atoms with Crippen LogP contribution in [0.15, 0.2) is 134 Å². The molecule has 0 amide bonds. The van der Waals surface area contributed by atoms with Crippen molar-refractivity contribution in [2.45, 2.75) is 276 Å². The average molecular weight is 1160 g/mol. The Hall–Kier alpha value is -5.14. The van der Waals surface area contributed by atoms with Crippen LogP contribution in [0.5, 0.6) is 0 Å². The van der Waals surface area contributed by atoms with Crippen LogP contribution in [0.3, 0.4) is 0 Å². The van der Waals surface area contributed by atoms with E-state index in [1.807, 2.05) is 0 Å². The lowest BCUT2D eigenvalue weighted by atomic mass is 9.98. The Balaban J connectivity index is 2.71. The van der Waals surface area contributed by atoms with Gasteiger partial charge in [-0.3, -0.25) is 14.4 Å². The van der Waals surface area contributed by atoms with E-state index in [0.29, 0.717) is 19.3 Å². The second kappa shape index (κ2) is 57.3. The normalized spacial score (nSPS) is 18.5. The topological polar surface area (TPSA) is 175 Å². The van der Waals surface area contributed by atoms with Crippen molar-refractivity contribution in [1.29, 1.82) is 0 Å². The number of hydrogen-bond acceptors (Lipinski definition) is 11. The molecular formula is C71H112O12. The molecular weight excluding hydrogens is 1040 g/mol. The molecule has 1 saturated heterocycles. The maximum Gasteiger partial charge on any atom is 0.335 e. The molecule has 0 aromatic heterocycles. The molecule has 468 valence electrons. The van der Waals surface area contributed by atoms with Gasteiger partial charge in [0.2, 0.25) is 0 Å². The smallest absolute Gasteiger partial charge is 0.335 e. The van der Waals surface area contributed by atoms with Crippen molar-refractivity contribution in [3.8, 4) is 0 Å². The van der Waals surface area contributed by atoms with Gasteiger partial charge in [0, 0.05) is 19.3 Å². The number of allylic oxidation sites excluding steroid dienone is 22. The second-order valence-electron chi connectivity index (χ2n) is 21.3. The molecule has 0 aromatic rings. The fourth-order valence-corrected chi connectivity index (χ4v) is 8.83. The molecule has 0 saturated carbocycles. The highest BCUT2D eigenvalue weighted by molar-refractivity contribution is 5.74. The van der Waals surface area contributed by atoms with E-state index in [1.54, 1.807) is 0 Å². The van der Waals surface area contributed by atoms with Crippen molar-refractivity contribution < 1.29 is 58.2 Å². The summed E-state index contributed by atoms with van der Waals surface area (Å²) in [4.78, 5) is 51.3. The minimum absolute atomic E-state index is 0.0331. The van der Waals surface area contributed by atoms with E-state index < -0.39 is 67.3 Å². The van der Waals surface area contributed by atoms with Gasteiger partial charge >= 0.3 is 23.9 Å². The Morgan fingerprint density at radius 3 is 1.17 bits per heavy atom. The van der Waals surface area contributed by atoms with Gasteiger partial charge in [-0.2, -0.15) is 0 Å². The van der Waals surface area contributed by atoms with Crippen LogP contribution < -0.4 is 0 Å². The Labute approximate surface area is 502 Å². The molecule has 3 N–H and O–H groups in total. The van der Waals surface area contributed by atoms with Crippen LogP contribution in [-0.2, 0) is 42.9 Å². The zero-order valence-electron chi connectivity index (χ0n) is 51.6. The lowest BCUT2D eigenvalue weighted by Gasteiger charge is -2.40. The van der Waals surface area contributed by atoms with Crippen molar-refractivity contribution in [3.63, 3.8) is 0 Å². The van der Waals surface area contributed by atoms with Crippen LogP contribution in [0.25, 0.3) is 0 Å². The predicted octanol–water partition coefficient (Wildman–Crippen LogP) is 17.3. The quantitative estimate of drug-likeness (QED) is 0.0228. The Morgan fingerprint density at radius 2 is 0.759 bits per heavy atom. The van der Waals surface area contributed by atoms with Crippen LogP contribution in [-0.4, -0.2) is 89.2 Å². The predicted molar refractivity (Wildman–Crippen MR) is 340 cm³/mol. The van der Waals surface area contributed by atoms with E-state index in [4.69, 9.17) is 23.7 Å². The highest BCUT2D eigenvalue weighted by Gasteiger charge is 2.50. The first-order chi connectivity index (χ1) is 40.6. The summed E-state index contributed by atoms with van der Waals surface area (Å²) >= 11 is 0. The van der Waals surface area contributed by atoms with Gasteiger partial charge in [-0.1, -0.05) is 219 Å². The van der Waals surface area contributed by atoms with Crippen LogP contribution in [0.4, 0.5) is 0 Å². The summed E-state index contributed by atoms with van der Waals surface area (Å²) in [6.45, 7) is 5.70. The molecule has 0 radical (unpaired) electrons. The largest absolute Gasteiger partial charge is 0.479 e. The zero-order chi connectivity index (χ0) is 60.3. The lowest BCUT2D eigenvalue weighted by Crippen LogP contribution is -2.61. The van der Waals surface area contributed by atoms with E-state index in [1.165, 1.54) is 19.3 Å². The summed E-state index contributed by atoms with van der Waals surface area (Å²) in [5, 5.41) is 31.6. The van der Waals surface area contributed by atoms with Gasteiger partial charge in [-0.15, -0.1) is 0 Å². The first-order valence-corrected chi connectivity index (χ1v) is 32.2. The summed E-state index contributed by atoms with van der Waals surface area (Å²) < 4.78 is 28.5. The summed E-state index contributed by atoms with van der Waals surface area (Å²) in [5.74, 6) is -3.22. The fourth-order valence-electron chi connectivity index (χ4n) is 8.83. The molecule has 1 fully saturated rings. The number of carboxylic acids is 1. The lowest BCUT2D eigenvalue weighted by molar-refractivity contribution is -0.301. The van der Waals surface area contributed by atoms with Crippen LogP contribution in [0.1, 0.15) is 239 Å². The Morgan fingerprint density at radius 1 is 0.410 bits per heavy atom. The van der Waals surface area contributed by atoms with Gasteiger partial charge in [0.25, 0.3) is 0 Å². The maximum absolute atomic E-state index is 13.2. The summed E-state index contributed by atoms with van der Waals surface area (Å²) in [7, 11) is 0. The number of aliphatic hydroxyl groups excluding tert-OH is 2. The third kappa shape index (κ3) is 46.9. The highest BCUT2D eigenvalue weighted by Crippen LogP contribution is 2.26. The van der Waals surface area contributed by atoms with Gasteiger partial charge in [0.1, 0.15) is 18.8 Å². The standard InChI is InChI=1S/C71H112O12/c1-4-7-10-13-16-19-22-25-28-30-32-34-37-39-42-45-48-51-54-57-63(72)79-60-62(81-64(73)58-55-52-49-46-43-40-36-27-24-21-18-15-12-9-6-3)61-80-71-69(67(76)66(75)68(83-71)70(77)78)82-65(74)59-56-53-50-47-44-41-38-35-33-31-29-26-23-20-17-14-11-8-5-2/h7,9-10,12,16-21,25-29,32-36,39,42,62,66-69,71,75-76H,4-6,8,11,13-15,22-24,30-31,37-38,40-41,43-61H2,1-3H3,(H,77,78)/b10-7-,12-9-,19-16-,20-17-,21-18-,28-25-,29-26-,34-32-,35-33-,36-27-,42-39-.